The number of carbonyl (C=O) groups excluding carboxylic acids is 2. The van der Waals surface area contributed by atoms with Crippen molar-refractivity contribution in [3.8, 4) is 22.6 Å². The van der Waals surface area contributed by atoms with E-state index in [1.165, 1.54) is 12.1 Å². The molecule has 1 N–H and O–H groups in total. The van der Waals surface area contributed by atoms with Crippen LogP contribution in [0.2, 0.25) is 0 Å². The summed E-state index contributed by atoms with van der Waals surface area (Å²) in [7, 11) is 3.32. The number of halogens is 1. The number of nitrogens with zero attached hydrogens (tertiary/aromatic N) is 2. The molecule has 5 rings (SSSR count). The zero-order chi connectivity index (χ0) is 29.3. The number of ketones is 1. The molecule has 1 aliphatic rings. The van der Waals surface area contributed by atoms with Gasteiger partial charge in [0.05, 0.1) is 18.5 Å². The number of aryl methyl sites for hydroxylation is 1. The second-order valence-corrected chi connectivity index (χ2v) is 10.7. The van der Waals surface area contributed by atoms with Gasteiger partial charge in [-0.15, -0.1) is 0 Å². The zero-order valence-electron chi connectivity index (χ0n) is 23.7. The molecule has 210 valence electrons. The van der Waals surface area contributed by atoms with E-state index in [1.807, 2.05) is 51.1 Å². The molecule has 0 spiro atoms. The number of aromatic nitrogens is 1. The molecule has 0 fully saturated rings. The van der Waals surface area contributed by atoms with Gasteiger partial charge in [-0.25, -0.2) is 4.39 Å². The molecule has 1 amide bonds. The lowest BCUT2D eigenvalue weighted by Crippen LogP contribution is -2.52. The van der Waals surface area contributed by atoms with Gasteiger partial charge in [-0.05, 0) is 67.8 Å². The molecule has 1 aromatic heterocycles. The Hall–Kier alpha value is -4.72. The van der Waals surface area contributed by atoms with Gasteiger partial charge in [-0.2, -0.15) is 0 Å². The standard InChI is InChI=1S/C33H32FN3O4/c1-20-8-10-23(34)17-29(20)41-19-26-24(12-13-27-31(26)37(4)32(39)33(2,3)36-27)25-11-9-21(16-30(25)40-5)15-28(38)22-7-6-14-35-18-22/h6-14,16-18,36H,15,19H2,1-5H3. The van der Waals surface area contributed by atoms with Crippen LogP contribution in [0.15, 0.2) is 73.1 Å². The molecule has 0 aliphatic carbocycles. The Morgan fingerprint density at radius 3 is 2.56 bits per heavy atom. The summed E-state index contributed by atoms with van der Waals surface area (Å²) in [5.41, 5.74) is 5.10. The van der Waals surface area contributed by atoms with E-state index < -0.39 is 11.4 Å². The number of likely N-dealkylation sites (N-methyl/N-ethyl adjacent to an activating group) is 1. The minimum Gasteiger partial charge on any atom is -0.496 e. The lowest BCUT2D eigenvalue weighted by atomic mass is 9.91. The van der Waals surface area contributed by atoms with E-state index in [0.717, 1.165) is 33.5 Å². The van der Waals surface area contributed by atoms with Gasteiger partial charge < -0.3 is 19.7 Å². The summed E-state index contributed by atoms with van der Waals surface area (Å²) >= 11 is 0. The van der Waals surface area contributed by atoms with Crippen LogP contribution in [0.4, 0.5) is 15.8 Å². The number of pyridine rings is 1. The maximum Gasteiger partial charge on any atom is 0.251 e. The molecular formula is C33H32FN3O4. The van der Waals surface area contributed by atoms with Gasteiger partial charge in [0.1, 0.15) is 29.5 Å². The first-order valence-electron chi connectivity index (χ1n) is 13.3. The predicted molar refractivity (Wildman–Crippen MR) is 157 cm³/mol. The normalized spacial score (nSPS) is 13.8. The first-order chi connectivity index (χ1) is 19.6. The molecule has 3 aromatic carbocycles. The number of Topliss-reactive ketones (excluding diaryl/α,β-unsaturated/α-hetero) is 1. The monoisotopic (exact) mass is 553 g/mol. The van der Waals surface area contributed by atoms with Crippen molar-refractivity contribution >= 4 is 23.1 Å². The summed E-state index contributed by atoms with van der Waals surface area (Å²) in [6, 6.07) is 17.4. The fraction of sp³-hybridized carbons (Fsp3) is 0.242. The Kier molecular flexibility index (Phi) is 7.49. The molecule has 8 heteroatoms. The van der Waals surface area contributed by atoms with Crippen LogP contribution in [-0.4, -0.2) is 36.4 Å². The van der Waals surface area contributed by atoms with Crippen LogP contribution < -0.4 is 19.7 Å². The highest BCUT2D eigenvalue weighted by Gasteiger charge is 2.38. The topological polar surface area (TPSA) is 80.8 Å². The Morgan fingerprint density at radius 1 is 1.05 bits per heavy atom. The first kappa shape index (κ1) is 27.8. The third kappa shape index (κ3) is 5.50. The summed E-state index contributed by atoms with van der Waals surface area (Å²) in [6.45, 7) is 5.60. The minimum atomic E-state index is -0.791. The Labute approximate surface area is 238 Å². The molecule has 41 heavy (non-hydrogen) atoms. The molecular weight excluding hydrogens is 521 g/mol. The van der Waals surface area contributed by atoms with Gasteiger partial charge >= 0.3 is 0 Å². The van der Waals surface area contributed by atoms with Crippen molar-refractivity contribution in [3.05, 3.63) is 101 Å². The molecule has 0 radical (unpaired) electrons. The van der Waals surface area contributed by atoms with Crippen molar-refractivity contribution in [2.45, 2.75) is 39.3 Å². The lowest BCUT2D eigenvalue weighted by Gasteiger charge is -2.39. The molecule has 0 unspecified atom stereocenters. The number of ether oxygens (including phenoxy) is 2. The third-order valence-corrected chi connectivity index (χ3v) is 7.33. The minimum absolute atomic E-state index is 0.0462. The molecule has 0 atom stereocenters. The van der Waals surface area contributed by atoms with Crippen LogP contribution in [0.3, 0.4) is 0 Å². The van der Waals surface area contributed by atoms with Crippen LogP contribution in [0.1, 0.15) is 40.9 Å². The number of methoxy groups -OCH3 is 1. The highest BCUT2D eigenvalue weighted by molar-refractivity contribution is 6.09. The van der Waals surface area contributed by atoms with E-state index >= 15 is 0 Å². The van der Waals surface area contributed by atoms with Crippen molar-refractivity contribution in [2.24, 2.45) is 0 Å². The number of anilines is 2. The highest BCUT2D eigenvalue weighted by atomic mass is 19.1. The Morgan fingerprint density at radius 2 is 1.83 bits per heavy atom. The molecule has 0 saturated heterocycles. The zero-order valence-corrected chi connectivity index (χ0v) is 23.7. The first-order valence-corrected chi connectivity index (χ1v) is 13.3. The van der Waals surface area contributed by atoms with Crippen molar-refractivity contribution in [1.29, 1.82) is 0 Å². The van der Waals surface area contributed by atoms with Gasteiger partial charge in [-0.3, -0.25) is 14.6 Å². The van der Waals surface area contributed by atoms with Crippen LogP contribution in [0.25, 0.3) is 11.1 Å². The Bertz CT molecular complexity index is 1640. The molecule has 1 aliphatic heterocycles. The van der Waals surface area contributed by atoms with Crippen LogP contribution >= 0.6 is 0 Å². The van der Waals surface area contributed by atoms with E-state index in [2.05, 4.69) is 10.3 Å². The number of amides is 1. The van der Waals surface area contributed by atoms with Crippen molar-refractivity contribution in [3.63, 3.8) is 0 Å². The fourth-order valence-corrected chi connectivity index (χ4v) is 5.19. The van der Waals surface area contributed by atoms with Crippen LogP contribution in [0.5, 0.6) is 11.5 Å². The third-order valence-electron chi connectivity index (χ3n) is 7.33. The molecule has 4 aromatic rings. The maximum absolute atomic E-state index is 14.0. The Balaban J connectivity index is 1.58. The molecule has 0 saturated carbocycles. The number of benzene rings is 3. The quantitative estimate of drug-likeness (QED) is 0.255. The summed E-state index contributed by atoms with van der Waals surface area (Å²) in [4.78, 5) is 31.8. The number of hydrogen-bond donors (Lipinski definition) is 1. The summed E-state index contributed by atoms with van der Waals surface area (Å²) in [5.74, 6) is 0.455. The summed E-state index contributed by atoms with van der Waals surface area (Å²) in [5, 5.41) is 3.35. The van der Waals surface area contributed by atoms with Crippen molar-refractivity contribution < 1.29 is 23.5 Å². The summed E-state index contributed by atoms with van der Waals surface area (Å²) < 4.78 is 26.0. The average Bonchev–Trinajstić information content (AvgIpc) is 2.96. The lowest BCUT2D eigenvalue weighted by molar-refractivity contribution is -0.121. The fourth-order valence-electron chi connectivity index (χ4n) is 5.19. The second-order valence-electron chi connectivity index (χ2n) is 10.7. The SMILES string of the molecule is COc1cc(CC(=O)c2cccnc2)ccc1-c1ccc2c(c1COc1cc(F)ccc1C)N(C)C(=O)C(C)(C)N2. The van der Waals surface area contributed by atoms with E-state index in [0.29, 0.717) is 22.7 Å². The van der Waals surface area contributed by atoms with Crippen LogP contribution in [-0.2, 0) is 17.8 Å². The van der Waals surface area contributed by atoms with Gasteiger partial charge in [0, 0.05) is 48.6 Å². The van der Waals surface area contributed by atoms with Gasteiger partial charge in [-0.1, -0.05) is 24.3 Å². The van der Waals surface area contributed by atoms with E-state index in [9.17, 15) is 14.0 Å². The molecule has 2 heterocycles. The van der Waals surface area contributed by atoms with Gasteiger partial charge in [0.25, 0.3) is 5.91 Å². The van der Waals surface area contributed by atoms with E-state index in [1.54, 1.807) is 49.7 Å². The average molecular weight is 554 g/mol. The van der Waals surface area contributed by atoms with E-state index in [4.69, 9.17) is 9.47 Å². The largest absolute Gasteiger partial charge is 0.496 e. The van der Waals surface area contributed by atoms with Crippen molar-refractivity contribution in [1.82, 2.24) is 4.98 Å². The highest BCUT2D eigenvalue weighted by Crippen LogP contribution is 2.44. The summed E-state index contributed by atoms with van der Waals surface area (Å²) in [6.07, 6.45) is 3.38. The second kappa shape index (κ2) is 11.0. The number of nitrogens with one attached hydrogen (secondary N) is 1. The molecule has 0 bridgehead atoms. The van der Waals surface area contributed by atoms with E-state index in [-0.39, 0.29) is 24.7 Å². The number of carbonyl (C=O) groups is 2. The number of hydrogen-bond acceptors (Lipinski definition) is 6. The molecule has 7 nitrogen and oxygen atoms in total. The van der Waals surface area contributed by atoms with Gasteiger partial charge in [0.2, 0.25) is 0 Å². The predicted octanol–water partition coefficient (Wildman–Crippen LogP) is 6.38. The van der Waals surface area contributed by atoms with Crippen molar-refractivity contribution in [2.75, 3.05) is 24.4 Å². The van der Waals surface area contributed by atoms with Crippen LogP contribution in [0, 0.1) is 12.7 Å². The maximum atomic E-state index is 14.0. The smallest absolute Gasteiger partial charge is 0.251 e. The van der Waals surface area contributed by atoms with Gasteiger partial charge in [0.15, 0.2) is 5.78 Å². The number of fused-ring (bicyclic) bond motifs is 1. The number of rotatable bonds is 8.